The van der Waals surface area contributed by atoms with Crippen molar-refractivity contribution >= 4 is 17.5 Å². The third-order valence-electron chi connectivity index (χ3n) is 2.43. The van der Waals surface area contributed by atoms with Crippen molar-refractivity contribution in [2.45, 2.75) is 18.9 Å². The summed E-state index contributed by atoms with van der Waals surface area (Å²) >= 11 is 5.79. The van der Waals surface area contributed by atoms with Crippen LogP contribution in [-0.2, 0) is 0 Å². The summed E-state index contributed by atoms with van der Waals surface area (Å²) in [6, 6.07) is 2.01. The van der Waals surface area contributed by atoms with Crippen LogP contribution in [0.2, 0.25) is 5.15 Å². The predicted octanol–water partition coefficient (Wildman–Crippen LogP) is 1.06. The van der Waals surface area contributed by atoms with Gasteiger partial charge in [-0.05, 0) is 18.9 Å². The van der Waals surface area contributed by atoms with Gasteiger partial charge in [0.2, 0.25) is 5.95 Å². The van der Waals surface area contributed by atoms with Gasteiger partial charge in [-0.25, -0.2) is 9.97 Å². The molecule has 2 heterocycles. The summed E-state index contributed by atoms with van der Waals surface area (Å²) in [5.74, 6) is 0.712. The monoisotopic (exact) mass is 212 g/mol. The highest BCUT2D eigenvalue weighted by Gasteiger charge is 2.17. The third-order valence-corrected chi connectivity index (χ3v) is 2.64. The van der Waals surface area contributed by atoms with Crippen LogP contribution in [0.3, 0.4) is 0 Å². The Kier molecular flexibility index (Phi) is 2.84. The topological polar surface area (TPSA) is 55.0 Å². The molecule has 1 fully saturated rings. The molecule has 1 aromatic rings. The van der Waals surface area contributed by atoms with Crippen LogP contribution in [0.4, 0.5) is 5.95 Å². The molecule has 5 heteroatoms. The molecule has 0 saturated carbocycles. The van der Waals surface area contributed by atoms with Gasteiger partial charge < -0.3 is 10.6 Å². The van der Waals surface area contributed by atoms with E-state index in [9.17, 15) is 0 Å². The number of hydrogen-bond acceptors (Lipinski definition) is 4. The van der Waals surface area contributed by atoms with Crippen molar-refractivity contribution in [1.82, 2.24) is 9.97 Å². The van der Waals surface area contributed by atoms with Gasteiger partial charge in [-0.15, -0.1) is 0 Å². The van der Waals surface area contributed by atoms with Gasteiger partial charge in [-0.1, -0.05) is 11.6 Å². The van der Waals surface area contributed by atoms with Crippen LogP contribution in [0, 0.1) is 0 Å². The number of aromatic nitrogens is 2. The zero-order valence-electron chi connectivity index (χ0n) is 7.86. The number of nitrogens with zero attached hydrogens (tertiary/aromatic N) is 3. The van der Waals surface area contributed by atoms with E-state index in [1.165, 1.54) is 0 Å². The van der Waals surface area contributed by atoms with Crippen LogP contribution in [0.15, 0.2) is 12.3 Å². The molecule has 0 amide bonds. The first-order chi connectivity index (χ1) is 6.75. The van der Waals surface area contributed by atoms with Gasteiger partial charge in [-0.3, -0.25) is 0 Å². The van der Waals surface area contributed by atoms with E-state index in [-0.39, 0.29) is 0 Å². The van der Waals surface area contributed by atoms with E-state index in [0.29, 0.717) is 17.1 Å². The van der Waals surface area contributed by atoms with Gasteiger partial charge in [0, 0.05) is 25.3 Å². The lowest BCUT2D eigenvalue weighted by Crippen LogP contribution is -2.40. The molecule has 4 nitrogen and oxygen atoms in total. The molecule has 0 spiro atoms. The number of hydrogen-bond donors (Lipinski definition) is 1. The van der Waals surface area contributed by atoms with Gasteiger partial charge in [0.1, 0.15) is 5.15 Å². The van der Waals surface area contributed by atoms with Crippen LogP contribution in [0.25, 0.3) is 0 Å². The van der Waals surface area contributed by atoms with E-state index in [2.05, 4.69) is 14.9 Å². The minimum absolute atomic E-state index is 0.324. The number of piperidine rings is 1. The maximum absolute atomic E-state index is 5.81. The molecule has 0 atom stereocenters. The molecule has 0 aliphatic carbocycles. The number of rotatable bonds is 1. The first kappa shape index (κ1) is 9.68. The normalized spacial score (nSPS) is 18.6. The smallest absolute Gasteiger partial charge is 0.226 e. The lowest BCUT2D eigenvalue weighted by Gasteiger charge is -2.29. The fourth-order valence-electron chi connectivity index (χ4n) is 1.58. The highest BCUT2D eigenvalue weighted by Crippen LogP contribution is 2.16. The molecule has 1 aliphatic heterocycles. The van der Waals surface area contributed by atoms with E-state index in [1.807, 2.05) is 0 Å². The Balaban J connectivity index is 2.08. The average Bonchev–Trinajstić information content (AvgIpc) is 2.19. The summed E-state index contributed by atoms with van der Waals surface area (Å²) in [5, 5.41) is 0.491. The number of halogens is 1. The third kappa shape index (κ3) is 2.13. The Labute approximate surface area is 88.1 Å². The van der Waals surface area contributed by atoms with Crippen molar-refractivity contribution < 1.29 is 0 Å². The van der Waals surface area contributed by atoms with Gasteiger partial charge in [0.05, 0.1) is 0 Å². The van der Waals surface area contributed by atoms with Crippen molar-refractivity contribution in [2.75, 3.05) is 18.0 Å². The standard InChI is InChI=1S/C9H13ClN4/c10-8-1-4-12-9(13-8)14-5-2-7(11)3-6-14/h1,4,7H,2-3,5-6,11H2. The van der Waals surface area contributed by atoms with Crippen molar-refractivity contribution in [1.29, 1.82) is 0 Å². The maximum Gasteiger partial charge on any atom is 0.226 e. The molecule has 2 N–H and O–H groups in total. The SMILES string of the molecule is NC1CCN(c2nccc(Cl)n2)CC1. The molecule has 76 valence electrons. The Morgan fingerprint density at radius 1 is 1.43 bits per heavy atom. The zero-order valence-corrected chi connectivity index (χ0v) is 8.61. The number of nitrogens with two attached hydrogens (primary N) is 1. The Bertz CT molecular complexity index is 309. The van der Waals surface area contributed by atoms with Gasteiger partial charge in [0.15, 0.2) is 0 Å². The fourth-order valence-corrected chi connectivity index (χ4v) is 1.71. The molecule has 1 aromatic heterocycles. The summed E-state index contributed by atoms with van der Waals surface area (Å²) < 4.78 is 0. The van der Waals surface area contributed by atoms with E-state index in [4.69, 9.17) is 17.3 Å². The second kappa shape index (κ2) is 4.11. The van der Waals surface area contributed by atoms with Gasteiger partial charge in [-0.2, -0.15) is 0 Å². The Hall–Kier alpha value is -0.870. The number of anilines is 1. The second-order valence-electron chi connectivity index (χ2n) is 3.50. The summed E-state index contributed by atoms with van der Waals surface area (Å²) in [7, 11) is 0. The largest absolute Gasteiger partial charge is 0.341 e. The Morgan fingerprint density at radius 2 is 2.14 bits per heavy atom. The highest BCUT2D eigenvalue weighted by molar-refractivity contribution is 6.29. The maximum atomic E-state index is 5.81. The molecular weight excluding hydrogens is 200 g/mol. The Morgan fingerprint density at radius 3 is 2.79 bits per heavy atom. The second-order valence-corrected chi connectivity index (χ2v) is 3.89. The van der Waals surface area contributed by atoms with Crippen molar-refractivity contribution in [3.63, 3.8) is 0 Å². The zero-order chi connectivity index (χ0) is 9.97. The van der Waals surface area contributed by atoms with Crippen molar-refractivity contribution in [2.24, 2.45) is 5.73 Å². The highest BCUT2D eigenvalue weighted by atomic mass is 35.5. The quantitative estimate of drug-likeness (QED) is 0.708. The minimum Gasteiger partial charge on any atom is -0.341 e. The summed E-state index contributed by atoms with van der Waals surface area (Å²) in [6.07, 6.45) is 3.67. The predicted molar refractivity (Wildman–Crippen MR) is 56.5 cm³/mol. The molecule has 0 unspecified atom stereocenters. The average molecular weight is 213 g/mol. The molecule has 0 bridgehead atoms. The summed E-state index contributed by atoms with van der Waals surface area (Å²) in [4.78, 5) is 10.5. The molecule has 1 aliphatic rings. The van der Waals surface area contributed by atoms with E-state index in [0.717, 1.165) is 25.9 Å². The van der Waals surface area contributed by atoms with E-state index in [1.54, 1.807) is 12.3 Å². The molecule has 2 rings (SSSR count). The van der Waals surface area contributed by atoms with Crippen molar-refractivity contribution in [3.05, 3.63) is 17.4 Å². The fraction of sp³-hybridized carbons (Fsp3) is 0.556. The van der Waals surface area contributed by atoms with Crippen molar-refractivity contribution in [3.8, 4) is 0 Å². The van der Waals surface area contributed by atoms with E-state index >= 15 is 0 Å². The molecule has 0 radical (unpaired) electrons. The first-order valence-electron chi connectivity index (χ1n) is 4.75. The van der Waals surface area contributed by atoms with Crippen LogP contribution in [0.5, 0.6) is 0 Å². The van der Waals surface area contributed by atoms with E-state index < -0.39 is 0 Å². The van der Waals surface area contributed by atoms with Gasteiger partial charge in [0.25, 0.3) is 0 Å². The lowest BCUT2D eigenvalue weighted by molar-refractivity contribution is 0.495. The molecule has 0 aromatic carbocycles. The molecule has 14 heavy (non-hydrogen) atoms. The summed E-state index contributed by atoms with van der Waals surface area (Å²) in [6.45, 7) is 1.84. The van der Waals surface area contributed by atoms with Crippen LogP contribution in [0.1, 0.15) is 12.8 Å². The van der Waals surface area contributed by atoms with Gasteiger partial charge >= 0.3 is 0 Å². The molecule has 1 saturated heterocycles. The van der Waals surface area contributed by atoms with Crippen LogP contribution in [-0.4, -0.2) is 29.1 Å². The summed E-state index contributed by atoms with van der Waals surface area (Å²) in [5.41, 5.74) is 5.81. The van der Waals surface area contributed by atoms with Crippen LogP contribution >= 0.6 is 11.6 Å². The van der Waals surface area contributed by atoms with Crippen LogP contribution < -0.4 is 10.6 Å². The molecular formula is C9H13ClN4. The first-order valence-corrected chi connectivity index (χ1v) is 5.12. The lowest BCUT2D eigenvalue weighted by atomic mass is 10.1. The minimum atomic E-state index is 0.324.